The van der Waals surface area contributed by atoms with Crippen LogP contribution in [0.4, 0.5) is 0 Å². The van der Waals surface area contributed by atoms with Crippen molar-refractivity contribution < 1.29 is 14.3 Å². The zero-order chi connectivity index (χ0) is 12.1. The normalized spacial score (nSPS) is 9.88. The first-order valence-electron chi connectivity index (χ1n) is 5.00. The molecule has 0 unspecified atom stereocenters. The van der Waals surface area contributed by atoms with Crippen LogP contribution >= 0.6 is 0 Å². The van der Waals surface area contributed by atoms with Gasteiger partial charge in [0.05, 0.1) is 7.11 Å². The molecule has 0 aliphatic rings. The van der Waals surface area contributed by atoms with E-state index in [0.717, 1.165) is 5.56 Å². The molecule has 0 radical (unpaired) electrons. The number of methoxy groups -OCH3 is 1. The van der Waals surface area contributed by atoms with Crippen LogP contribution < -0.4 is 10.5 Å². The number of Topliss-reactive ketones (excluding diaryl/α,β-unsaturated/α-hetero) is 1. The molecule has 0 atom stereocenters. The van der Waals surface area contributed by atoms with Crippen molar-refractivity contribution >= 4 is 11.7 Å². The lowest BCUT2D eigenvalue weighted by molar-refractivity contribution is -0.116. The van der Waals surface area contributed by atoms with Crippen molar-refractivity contribution in [3.8, 4) is 5.75 Å². The first kappa shape index (κ1) is 12.2. The number of rotatable bonds is 5. The third-order valence-corrected chi connectivity index (χ3v) is 2.31. The highest BCUT2D eigenvalue weighted by Crippen LogP contribution is 2.21. The number of nitrogens with two attached hydrogens (primary N) is 1. The Hall–Kier alpha value is -1.84. The number of benzene rings is 1. The second kappa shape index (κ2) is 5.30. The molecule has 1 rings (SSSR count). The summed E-state index contributed by atoms with van der Waals surface area (Å²) in [5.41, 5.74) is 6.44. The Morgan fingerprint density at radius 3 is 2.56 bits per heavy atom. The van der Waals surface area contributed by atoms with Gasteiger partial charge in [0.15, 0.2) is 0 Å². The number of aryl methyl sites for hydroxylation is 1. The van der Waals surface area contributed by atoms with E-state index in [2.05, 4.69) is 0 Å². The minimum Gasteiger partial charge on any atom is -0.496 e. The summed E-state index contributed by atoms with van der Waals surface area (Å²) in [6.07, 6.45) is 0.984. The first-order chi connectivity index (χ1) is 7.54. The lowest BCUT2D eigenvalue weighted by atomic mass is 10.0. The van der Waals surface area contributed by atoms with Crippen LogP contribution in [0.2, 0.25) is 0 Å². The summed E-state index contributed by atoms with van der Waals surface area (Å²) in [6, 6.07) is 4.97. The number of carbonyl (C=O) groups is 2. The molecule has 0 saturated carbocycles. The Morgan fingerprint density at radius 2 is 2.06 bits per heavy atom. The van der Waals surface area contributed by atoms with Crippen LogP contribution in [0.15, 0.2) is 18.2 Å². The Kier molecular flexibility index (Phi) is 4.05. The number of ether oxygens (including phenoxy) is 1. The van der Waals surface area contributed by atoms with Crippen molar-refractivity contribution in [2.45, 2.75) is 19.8 Å². The van der Waals surface area contributed by atoms with Crippen LogP contribution in [0.1, 0.15) is 29.3 Å². The van der Waals surface area contributed by atoms with E-state index in [9.17, 15) is 9.59 Å². The predicted molar refractivity (Wildman–Crippen MR) is 60.5 cm³/mol. The third kappa shape index (κ3) is 3.08. The zero-order valence-electron chi connectivity index (χ0n) is 9.45. The Bertz CT molecular complexity index is 413. The molecule has 1 aromatic carbocycles. The van der Waals surface area contributed by atoms with Gasteiger partial charge in [0.25, 0.3) is 0 Å². The average Bonchev–Trinajstić information content (AvgIpc) is 2.25. The summed E-state index contributed by atoms with van der Waals surface area (Å²) in [5, 5.41) is 0. The molecule has 0 heterocycles. The molecular formula is C12H15NO3. The molecule has 0 aliphatic heterocycles. The second-order valence-electron chi connectivity index (χ2n) is 3.59. The van der Waals surface area contributed by atoms with Crippen LogP contribution in [0, 0.1) is 0 Å². The van der Waals surface area contributed by atoms with Crippen molar-refractivity contribution in [1.82, 2.24) is 0 Å². The van der Waals surface area contributed by atoms with Gasteiger partial charge >= 0.3 is 0 Å². The fourth-order valence-corrected chi connectivity index (χ4v) is 1.44. The maximum atomic E-state index is 11.0. The number of carbonyl (C=O) groups excluding carboxylic acids is 2. The molecule has 0 fully saturated rings. The van der Waals surface area contributed by atoms with Gasteiger partial charge in [-0.15, -0.1) is 0 Å². The molecule has 0 bridgehead atoms. The summed E-state index contributed by atoms with van der Waals surface area (Å²) in [5.74, 6) is 0.296. The quantitative estimate of drug-likeness (QED) is 0.815. The van der Waals surface area contributed by atoms with Crippen LogP contribution in [-0.2, 0) is 11.2 Å². The third-order valence-electron chi connectivity index (χ3n) is 2.31. The molecule has 0 spiro atoms. The molecule has 0 saturated heterocycles. The lowest BCUT2D eigenvalue weighted by Crippen LogP contribution is -2.11. The fraction of sp³-hybridized carbons (Fsp3) is 0.333. The van der Waals surface area contributed by atoms with E-state index in [4.69, 9.17) is 10.5 Å². The van der Waals surface area contributed by atoms with Crippen LogP contribution in [0.25, 0.3) is 0 Å². The summed E-state index contributed by atoms with van der Waals surface area (Å²) < 4.78 is 5.15. The summed E-state index contributed by atoms with van der Waals surface area (Å²) in [4.78, 5) is 21.9. The highest BCUT2D eigenvalue weighted by atomic mass is 16.5. The Balaban J connectivity index is 2.97. The lowest BCUT2D eigenvalue weighted by Gasteiger charge is -2.08. The van der Waals surface area contributed by atoms with Gasteiger partial charge in [0.2, 0.25) is 5.91 Å². The number of ketones is 1. The Labute approximate surface area is 94.4 Å². The summed E-state index contributed by atoms with van der Waals surface area (Å²) in [6.45, 7) is 1.53. The largest absolute Gasteiger partial charge is 0.496 e. The van der Waals surface area contributed by atoms with Crippen molar-refractivity contribution in [2.24, 2.45) is 5.73 Å². The van der Waals surface area contributed by atoms with Gasteiger partial charge in [-0.1, -0.05) is 0 Å². The van der Waals surface area contributed by atoms with Crippen LogP contribution in [0.5, 0.6) is 5.75 Å². The van der Waals surface area contributed by atoms with Gasteiger partial charge < -0.3 is 15.3 Å². The summed E-state index contributed by atoms with van der Waals surface area (Å²) >= 11 is 0. The van der Waals surface area contributed by atoms with Crippen molar-refractivity contribution in [3.05, 3.63) is 29.3 Å². The van der Waals surface area contributed by atoms with E-state index in [1.807, 2.05) is 0 Å². The minimum absolute atomic E-state index is 0.103. The van der Waals surface area contributed by atoms with Crippen molar-refractivity contribution in [2.75, 3.05) is 7.11 Å². The molecule has 16 heavy (non-hydrogen) atoms. The van der Waals surface area contributed by atoms with Gasteiger partial charge in [-0.05, 0) is 37.1 Å². The van der Waals surface area contributed by atoms with Crippen molar-refractivity contribution in [1.29, 1.82) is 0 Å². The second-order valence-corrected chi connectivity index (χ2v) is 3.59. The monoisotopic (exact) mass is 221 g/mol. The molecule has 0 aliphatic carbocycles. The van der Waals surface area contributed by atoms with Gasteiger partial charge in [-0.25, -0.2) is 0 Å². The molecule has 1 aromatic rings. The number of hydrogen-bond acceptors (Lipinski definition) is 3. The van der Waals surface area contributed by atoms with E-state index in [0.29, 0.717) is 24.2 Å². The fourth-order valence-electron chi connectivity index (χ4n) is 1.44. The molecular weight excluding hydrogens is 206 g/mol. The number of amides is 1. The zero-order valence-corrected chi connectivity index (χ0v) is 9.45. The minimum atomic E-state index is -0.480. The number of primary amides is 1. The molecule has 0 aromatic heterocycles. The van der Waals surface area contributed by atoms with E-state index in [1.165, 1.54) is 6.92 Å². The smallest absolute Gasteiger partial charge is 0.248 e. The topological polar surface area (TPSA) is 69.4 Å². The van der Waals surface area contributed by atoms with Gasteiger partial charge in [0, 0.05) is 12.0 Å². The Morgan fingerprint density at radius 1 is 1.38 bits per heavy atom. The maximum absolute atomic E-state index is 11.0. The van der Waals surface area contributed by atoms with Gasteiger partial charge in [0.1, 0.15) is 11.5 Å². The van der Waals surface area contributed by atoms with Crippen LogP contribution in [-0.4, -0.2) is 18.8 Å². The molecule has 4 heteroatoms. The van der Waals surface area contributed by atoms with E-state index in [1.54, 1.807) is 25.3 Å². The SMILES string of the molecule is COc1ccc(C(N)=O)cc1CCC(C)=O. The maximum Gasteiger partial charge on any atom is 0.248 e. The highest BCUT2D eigenvalue weighted by molar-refractivity contribution is 5.93. The van der Waals surface area contributed by atoms with Crippen molar-refractivity contribution in [3.63, 3.8) is 0 Å². The van der Waals surface area contributed by atoms with E-state index >= 15 is 0 Å². The molecule has 86 valence electrons. The first-order valence-corrected chi connectivity index (χ1v) is 5.00. The summed E-state index contributed by atoms with van der Waals surface area (Å²) in [7, 11) is 1.55. The highest BCUT2D eigenvalue weighted by Gasteiger charge is 2.08. The standard InChI is InChI=1S/C12H15NO3/c1-8(14)3-4-9-7-10(12(13)15)5-6-11(9)16-2/h5-7H,3-4H2,1-2H3,(H2,13,15). The predicted octanol–water partition coefficient (Wildman–Crippen LogP) is 1.32. The number of hydrogen-bond donors (Lipinski definition) is 1. The van der Waals surface area contributed by atoms with E-state index in [-0.39, 0.29) is 5.78 Å². The molecule has 4 nitrogen and oxygen atoms in total. The molecule has 2 N–H and O–H groups in total. The average molecular weight is 221 g/mol. The van der Waals surface area contributed by atoms with Gasteiger partial charge in [-0.3, -0.25) is 4.79 Å². The van der Waals surface area contributed by atoms with E-state index < -0.39 is 5.91 Å². The van der Waals surface area contributed by atoms with Gasteiger partial charge in [-0.2, -0.15) is 0 Å². The van der Waals surface area contributed by atoms with Crippen LogP contribution in [0.3, 0.4) is 0 Å². The molecule has 1 amide bonds.